The lowest BCUT2D eigenvalue weighted by atomic mass is 9.97. The van der Waals surface area contributed by atoms with Crippen LogP contribution in [-0.4, -0.2) is 29.2 Å². The average Bonchev–Trinajstić information content (AvgIpc) is 2.41. The van der Waals surface area contributed by atoms with Crippen molar-refractivity contribution in [3.8, 4) is 0 Å². The SMILES string of the molecule is CC(=O)CC1CCCCN1C(=O)c1cccc(Br)c1Cl. The molecule has 1 saturated heterocycles. The van der Waals surface area contributed by atoms with Crippen molar-refractivity contribution in [3.63, 3.8) is 0 Å². The summed E-state index contributed by atoms with van der Waals surface area (Å²) in [5.41, 5.74) is 0.497. The normalized spacial score (nSPS) is 18.9. The van der Waals surface area contributed by atoms with Gasteiger partial charge in [-0.1, -0.05) is 17.7 Å². The first-order valence-electron chi connectivity index (χ1n) is 6.75. The zero-order chi connectivity index (χ0) is 14.7. The van der Waals surface area contributed by atoms with Gasteiger partial charge in [-0.25, -0.2) is 0 Å². The number of hydrogen-bond donors (Lipinski definition) is 0. The standard InChI is InChI=1S/C15H17BrClNO2/c1-10(19)9-11-5-2-3-8-18(11)15(20)12-6-4-7-13(16)14(12)17/h4,6-7,11H,2-3,5,8-9H2,1H3. The van der Waals surface area contributed by atoms with Gasteiger partial charge in [0.2, 0.25) is 0 Å². The molecular formula is C15H17BrClNO2. The van der Waals surface area contributed by atoms with Crippen molar-refractivity contribution < 1.29 is 9.59 Å². The molecule has 1 unspecified atom stereocenters. The van der Waals surface area contributed by atoms with Gasteiger partial charge >= 0.3 is 0 Å². The summed E-state index contributed by atoms with van der Waals surface area (Å²) in [6.07, 6.45) is 3.36. The van der Waals surface area contributed by atoms with E-state index >= 15 is 0 Å². The van der Waals surface area contributed by atoms with Crippen molar-refractivity contribution >= 4 is 39.2 Å². The number of rotatable bonds is 3. The third-order valence-corrected chi connectivity index (χ3v) is 4.89. The first-order chi connectivity index (χ1) is 9.50. The molecule has 1 aromatic carbocycles. The van der Waals surface area contributed by atoms with Gasteiger partial charge in [-0.3, -0.25) is 9.59 Å². The number of Topliss-reactive ketones (excluding diaryl/α,β-unsaturated/α-hetero) is 1. The summed E-state index contributed by atoms with van der Waals surface area (Å²) in [5, 5.41) is 0.435. The van der Waals surface area contributed by atoms with Gasteiger partial charge in [0.1, 0.15) is 5.78 Å². The van der Waals surface area contributed by atoms with Gasteiger partial charge in [-0.15, -0.1) is 0 Å². The first-order valence-corrected chi connectivity index (χ1v) is 7.92. The lowest BCUT2D eigenvalue weighted by Gasteiger charge is -2.35. The molecule has 5 heteroatoms. The molecule has 108 valence electrons. The molecule has 0 aromatic heterocycles. The summed E-state index contributed by atoms with van der Waals surface area (Å²) < 4.78 is 0.713. The Kier molecular flexibility index (Phi) is 5.22. The fraction of sp³-hybridized carbons (Fsp3) is 0.467. The first kappa shape index (κ1) is 15.5. The zero-order valence-corrected chi connectivity index (χ0v) is 13.7. The van der Waals surface area contributed by atoms with Crippen molar-refractivity contribution in [2.75, 3.05) is 6.54 Å². The van der Waals surface area contributed by atoms with Crippen LogP contribution < -0.4 is 0 Å². The summed E-state index contributed by atoms with van der Waals surface area (Å²) in [7, 11) is 0. The number of nitrogens with zero attached hydrogens (tertiary/aromatic N) is 1. The van der Waals surface area contributed by atoms with Crippen molar-refractivity contribution in [3.05, 3.63) is 33.3 Å². The maximum Gasteiger partial charge on any atom is 0.255 e. The summed E-state index contributed by atoms with van der Waals surface area (Å²) >= 11 is 9.54. The van der Waals surface area contributed by atoms with Crippen LogP contribution in [0, 0.1) is 0 Å². The van der Waals surface area contributed by atoms with Crippen molar-refractivity contribution in [1.82, 2.24) is 4.90 Å². The molecule has 1 aliphatic heterocycles. The number of piperidine rings is 1. The molecule has 3 nitrogen and oxygen atoms in total. The molecule has 0 bridgehead atoms. The van der Waals surface area contributed by atoms with Gasteiger partial charge < -0.3 is 4.90 Å². The Morgan fingerprint density at radius 3 is 2.85 bits per heavy atom. The van der Waals surface area contributed by atoms with E-state index in [0.29, 0.717) is 28.0 Å². The van der Waals surface area contributed by atoms with E-state index in [2.05, 4.69) is 15.9 Å². The Morgan fingerprint density at radius 2 is 2.15 bits per heavy atom. The smallest absolute Gasteiger partial charge is 0.255 e. The van der Waals surface area contributed by atoms with Crippen LogP contribution in [0.3, 0.4) is 0 Å². The highest BCUT2D eigenvalue weighted by Crippen LogP contribution is 2.29. The van der Waals surface area contributed by atoms with E-state index in [0.717, 1.165) is 19.3 Å². The quantitative estimate of drug-likeness (QED) is 0.816. The van der Waals surface area contributed by atoms with Crippen LogP contribution in [0.25, 0.3) is 0 Å². The number of ketones is 1. The van der Waals surface area contributed by atoms with Crippen LogP contribution in [-0.2, 0) is 4.79 Å². The number of carbonyl (C=O) groups excluding carboxylic acids is 2. The summed E-state index contributed by atoms with van der Waals surface area (Å²) in [4.78, 5) is 25.8. The average molecular weight is 359 g/mol. The van der Waals surface area contributed by atoms with E-state index < -0.39 is 0 Å². The van der Waals surface area contributed by atoms with E-state index in [4.69, 9.17) is 11.6 Å². The van der Waals surface area contributed by atoms with Gasteiger partial charge in [0.05, 0.1) is 10.6 Å². The number of halogens is 2. The van der Waals surface area contributed by atoms with Crippen molar-refractivity contribution in [1.29, 1.82) is 0 Å². The second kappa shape index (κ2) is 6.72. The Hall–Kier alpha value is -0.870. The Balaban J connectivity index is 2.25. The maximum atomic E-state index is 12.7. The zero-order valence-electron chi connectivity index (χ0n) is 11.4. The fourth-order valence-corrected chi connectivity index (χ4v) is 3.21. The lowest BCUT2D eigenvalue weighted by Crippen LogP contribution is -2.44. The topological polar surface area (TPSA) is 37.4 Å². The van der Waals surface area contributed by atoms with Crippen molar-refractivity contribution in [2.24, 2.45) is 0 Å². The van der Waals surface area contributed by atoms with Crippen LogP contribution in [0.15, 0.2) is 22.7 Å². The highest BCUT2D eigenvalue weighted by molar-refractivity contribution is 9.10. The Labute approximate surface area is 132 Å². The number of carbonyl (C=O) groups is 2. The van der Waals surface area contributed by atoms with E-state index in [9.17, 15) is 9.59 Å². The van der Waals surface area contributed by atoms with E-state index in [1.807, 2.05) is 6.07 Å². The molecule has 1 aliphatic rings. The third kappa shape index (κ3) is 3.41. The van der Waals surface area contributed by atoms with Crippen LogP contribution in [0.5, 0.6) is 0 Å². The molecule has 1 amide bonds. The summed E-state index contributed by atoms with van der Waals surface area (Å²) in [6.45, 7) is 2.27. The molecule has 0 spiro atoms. The second-order valence-corrected chi connectivity index (χ2v) is 6.39. The van der Waals surface area contributed by atoms with Gasteiger partial charge in [0, 0.05) is 23.5 Å². The second-order valence-electron chi connectivity index (χ2n) is 5.16. The Morgan fingerprint density at radius 1 is 1.40 bits per heavy atom. The molecule has 1 heterocycles. The van der Waals surface area contributed by atoms with Crippen LogP contribution >= 0.6 is 27.5 Å². The van der Waals surface area contributed by atoms with Crippen LogP contribution in [0.1, 0.15) is 43.0 Å². The van der Waals surface area contributed by atoms with E-state index in [1.54, 1.807) is 24.0 Å². The number of benzene rings is 1. The van der Waals surface area contributed by atoms with Gasteiger partial charge in [0.25, 0.3) is 5.91 Å². The highest BCUT2D eigenvalue weighted by Gasteiger charge is 2.29. The molecule has 0 aliphatic carbocycles. The highest BCUT2D eigenvalue weighted by atomic mass is 79.9. The molecule has 1 fully saturated rings. The monoisotopic (exact) mass is 357 g/mol. The lowest BCUT2D eigenvalue weighted by molar-refractivity contribution is -0.118. The number of likely N-dealkylation sites (tertiary alicyclic amines) is 1. The largest absolute Gasteiger partial charge is 0.335 e. The predicted molar refractivity (Wildman–Crippen MR) is 83.1 cm³/mol. The molecule has 2 rings (SSSR count). The maximum absolute atomic E-state index is 12.7. The van der Waals surface area contributed by atoms with Crippen LogP contribution in [0.4, 0.5) is 0 Å². The van der Waals surface area contributed by atoms with E-state index in [1.165, 1.54) is 0 Å². The van der Waals surface area contributed by atoms with E-state index in [-0.39, 0.29) is 17.7 Å². The number of hydrogen-bond acceptors (Lipinski definition) is 2. The van der Waals surface area contributed by atoms with Gasteiger partial charge in [0.15, 0.2) is 0 Å². The summed E-state index contributed by atoms with van der Waals surface area (Å²) in [5.74, 6) is 0.0392. The summed E-state index contributed by atoms with van der Waals surface area (Å²) in [6, 6.07) is 5.34. The Bertz CT molecular complexity index is 533. The minimum Gasteiger partial charge on any atom is -0.335 e. The molecule has 20 heavy (non-hydrogen) atoms. The molecule has 0 saturated carbocycles. The van der Waals surface area contributed by atoms with Gasteiger partial charge in [-0.2, -0.15) is 0 Å². The third-order valence-electron chi connectivity index (χ3n) is 3.59. The molecule has 0 N–H and O–H groups in total. The molecule has 0 radical (unpaired) electrons. The predicted octanol–water partition coefficient (Wildman–Crippen LogP) is 4.08. The molecular weight excluding hydrogens is 342 g/mol. The fourth-order valence-electron chi connectivity index (χ4n) is 2.64. The minimum absolute atomic E-state index is 0.00352. The minimum atomic E-state index is -0.0812. The molecule has 1 atom stereocenters. The van der Waals surface area contributed by atoms with Gasteiger partial charge in [-0.05, 0) is 54.2 Å². The molecule has 1 aromatic rings. The number of amides is 1. The van der Waals surface area contributed by atoms with Crippen LogP contribution in [0.2, 0.25) is 5.02 Å². The van der Waals surface area contributed by atoms with Crippen molar-refractivity contribution in [2.45, 2.75) is 38.6 Å².